The number of thiazole rings is 1. The van der Waals surface area contributed by atoms with E-state index in [4.69, 9.17) is 9.94 Å². The number of hydroxylamine groups is 1. The van der Waals surface area contributed by atoms with Gasteiger partial charge in [-0.3, -0.25) is 10.0 Å². The molecule has 188 valence electrons. The van der Waals surface area contributed by atoms with E-state index in [1.54, 1.807) is 18.8 Å². The minimum Gasteiger partial charge on any atom is -0.497 e. The Hall–Kier alpha value is -3.65. The van der Waals surface area contributed by atoms with Crippen LogP contribution in [0.4, 0.5) is 0 Å². The van der Waals surface area contributed by atoms with Crippen molar-refractivity contribution < 1.29 is 23.2 Å². The largest absolute Gasteiger partial charge is 0.497 e. The molecular formula is C23H24N6O5S2. The van der Waals surface area contributed by atoms with Gasteiger partial charge in [-0.2, -0.15) is 0 Å². The van der Waals surface area contributed by atoms with Gasteiger partial charge in [0.25, 0.3) is 10.0 Å². The Balaban J connectivity index is 1.44. The molecule has 0 saturated carbocycles. The van der Waals surface area contributed by atoms with Crippen LogP contribution >= 0.6 is 11.3 Å². The highest BCUT2D eigenvalue weighted by atomic mass is 32.2. The van der Waals surface area contributed by atoms with Gasteiger partial charge in [0.2, 0.25) is 5.91 Å². The number of aromatic nitrogens is 4. The number of amides is 1. The summed E-state index contributed by atoms with van der Waals surface area (Å²) in [6.45, 7) is -0.0949. The minimum atomic E-state index is -3.81. The molecule has 4 rings (SSSR count). The van der Waals surface area contributed by atoms with Crippen molar-refractivity contribution in [3.8, 4) is 16.3 Å². The molecule has 2 aromatic heterocycles. The monoisotopic (exact) mass is 528 g/mol. The zero-order valence-corrected chi connectivity index (χ0v) is 20.9. The van der Waals surface area contributed by atoms with Crippen LogP contribution in [0.1, 0.15) is 23.7 Å². The van der Waals surface area contributed by atoms with Crippen molar-refractivity contribution in [3.05, 3.63) is 78.2 Å². The van der Waals surface area contributed by atoms with Crippen molar-refractivity contribution >= 4 is 27.3 Å². The highest BCUT2D eigenvalue weighted by Crippen LogP contribution is 2.27. The summed E-state index contributed by atoms with van der Waals surface area (Å²) in [5, 5.41) is 17.7. The second kappa shape index (κ2) is 11.4. The number of ether oxygens (including phenoxy) is 1. The van der Waals surface area contributed by atoms with Gasteiger partial charge in [0.15, 0.2) is 4.21 Å². The second-order valence-corrected chi connectivity index (χ2v) is 10.8. The van der Waals surface area contributed by atoms with E-state index in [-0.39, 0.29) is 17.2 Å². The fraction of sp³-hybridized carbons (Fsp3) is 0.217. The molecule has 2 heterocycles. The fourth-order valence-electron chi connectivity index (χ4n) is 3.46. The van der Waals surface area contributed by atoms with Crippen LogP contribution in [-0.4, -0.2) is 46.6 Å². The van der Waals surface area contributed by atoms with E-state index < -0.39 is 22.0 Å². The van der Waals surface area contributed by atoms with Gasteiger partial charge < -0.3 is 4.74 Å². The summed E-state index contributed by atoms with van der Waals surface area (Å²) in [5.74, 6) is 0.126. The van der Waals surface area contributed by atoms with Crippen molar-refractivity contribution in [2.75, 3.05) is 7.11 Å². The Morgan fingerprint density at radius 1 is 1.17 bits per heavy atom. The maximum atomic E-state index is 12.8. The smallest absolute Gasteiger partial charge is 0.252 e. The molecule has 36 heavy (non-hydrogen) atoms. The van der Waals surface area contributed by atoms with Crippen molar-refractivity contribution in [2.24, 2.45) is 0 Å². The van der Waals surface area contributed by atoms with Gasteiger partial charge in [-0.25, -0.2) is 28.3 Å². The Morgan fingerprint density at radius 3 is 2.61 bits per heavy atom. The third-order valence-corrected chi connectivity index (χ3v) is 8.23. The van der Waals surface area contributed by atoms with Crippen molar-refractivity contribution in [2.45, 2.75) is 29.6 Å². The minimum absolute atomic E-state index is 0.0554. The first-order chi connectivity index (χ1) is 17.4. The van der Waals surface area contributed by atoms with Gasteiger partial charge in [-0.1, -0.05) is 47.7 Å². The average Bonchev–Trinajstić information content (AvgIpc) is 3.59. The SMILES string of the molecule is COc1ccc(C[C@@H](CC(=O)NO)n2cc(CNS(=O)(=O)c3cnc(-c4ccccc4)s3)nn2)cc1. The van der Waals surface area contributed by atoms with E-state index in [2.05, 4.69) is 20.0 Å². The molecular weight excluding hydrogens is 504 g/mol. The number of benzene rings is 2. The molecule has 0 aliphatic heterocycles. The molecule has 0 saturated heterocycles. The number of hydrogen-bond acceptors (Lipinski definition) is 9. The lowest BCUT2D eigenvalue weighted by molar-refractivity contribution is -0.130. The summed E-state index contributed by atoms with van der Waals surface area (Å²) in [5.41, 5.74) is 3.76. The standard InChI is InChI=1S/C23H24N6O5S2/c1-34-20-9-7-16(8-10-20)11-19(12-21(30)27-31)29-15-18(26-28-29)13-25-36(32,33)22-14-24-23(35-22)17-5-3-2-4-6-17/h2-10,14-15,19,25,31H,11-13H2,1H3,(H,27,30)/t19-/m0/s1. The summed E-state index contributed by atoms with van der Waals surface area (Å²) in [4.78, 5) is 16.1. The maximum Gasteiger partial charge on any atom is 0.252 e. The third kappa shape index (κ3) is 6.31. The number of nitrogens with one attached hydrogen (secondary N) is 2. The molecule has 2 aromatic carbocycles. The lowest BCUT2D eigenvalue weighted by Gasteiger charge is -2.16. The molecule has 0 unspecified atom stereocenters. The average molecular weight is 529 g/mol. The van der Waals surface area contributed by atoms with E-state index in [9.17, 15) is 13.2 Å². The second-order valence-electron chi connectivity index (χ2n) is 7.81. The van der Waals surface area contributed by atoms with Crippen LogP contribution in [0.2, 0.25) is 0 Å². The fourth-order valence-corrected chi connectivity index (χ4v) is 5.64. The summed E-state index contributed by atoms with van der Waals surface area (Å²) in [7, 11) is -2.24. The predicted molar refractivity (Wildman–Crippen MR) is 132 cm³/mol. The Morgan fingerprint density at radius 2 is 1.92 bits per heavy atom. The third-order valence-electron chi connectivity index (χ3n) is 5.32. The van der Waals surface area contributed by atoms with Gasteiger partial charge in [0.1, 0.15) is 10.8 Å². The normalized spacial score (nSPS) is 12.3. The first kappa shape index (κ1) is 25.4. The van der Waals surface area contributed by atoms with Gasteiger partial charge >= 0.3 is 0 Å². The molecule has 3 N–H and O–H groups in total. The number of carbonyl (C=O) groups is 1. The molecule has 0 bridgehead atoms. The van der Waals surface area contributed by atoms with Gasteiger partial charge in [-0.05, 0) is 24.1 Å². The lowest BCUT2D eigenvalue weighted by Crippen LogP contribution is -2.25. The summed E-state index contributed by atoms with van der Waals surface area (Å²) in [6, 6.07) is 16.2. The van der Waals surface area contributed by atoms with Crippen LogP contribution in [0, 0.1) is 0 Å². The summed E-state index contributed by atoms with van der Waals surface area (Å²) >= 11 is 1.07. The maximum absolute atomic E-state index is 12.8. The van der Waals surface area contributed by atoms with Crippen LogP contribution < -0.4 is 14.9 Å². The molecule has 0 radical (unpaired) electrons. The zero-order chi connectivity index (χ0) is 25.5. The van der Waals surface area contributed by atoms with E-state index in [0.29, 0.717) is 22.9 Å². The molecule has 0 fully saturated rings. The number of carbonyl (C=O) groups excluding carboxylic acids is 1. The quantitative estimate of drug-likeness (QED) is 0.199. The van der Waals surface area contributed by atoms with Crippen LogP contribution in [0.5, 0.6) is 5.75 Å². The van der Waals surface area contributed by atoms with Crippen LogP contribution in [0.3, 0.4) is 0 Å². The lowest BCUT2D eigenvalue weighted by atomic mass is 10.0. The number of nitrogens with zero attached hydrogens (tertiary/aromatic N) is 4. The van der Waals surface area contributed by atoms with E-state index in [0.717, 1.165) is 22.5 Å². The topological polar surface area (TPSA) is 148 Å². The number of rotatable bonds is 11. The molecule has 0 aliphatic carbocycles. The molecule has 13 heteroatoms. The van der Waals surface area contributed by atoms with E-state index in [1.165, 1.54) is 10.9 Å². The summed E-state index contributed by atoms with van der Waals surface area (Å²) in [6.07, 6.45) is 3.27. The van der Waals surface area contributed by atoms with Crippen LogP contribution in [0.15, 0.2) is 71.2 Å². The molecule has 11 nitrogen and oxygen atoms in total. The highest BCUT2D eigenvalue weighted by molar-refractivity contribution is 7.91. The van der Waals surface area contributed by atoms with Crippen molar-refractivity contribution in [1.82, 2.24) is 30.2 Å². The molecule has 4 aromatic rings. The summed E-state index contributed by atoms with van der Waals surface area (Å²) < 4.78 is 34.8. The Labute approximate surface area is 211 Å². The van der Waals surface area contributed by atoms with Gasteiger partial charge in [0.05, 0.1) is 44.2 Å². The van der Waals surface area contributed by atoms with Crippen molar-refractivity contribution in [3.63, 3.8) is 0 Å². The van der Waals surface area contributed by atoms with Crippen molar-refractivity contribution in [1.29, 1.82) is 0 Å². The first-order valence-corrected chi connectivity index (χ1v) is 13.2. The zero-order valence-electron chi connectivity index (χ0n) is 19.2. The molecule has 1 atom stereocenters. The molecule has 0 aliphatic rings. The van der Waals surface area contributed by atoms with E-state index >= 15 is 0 Å². The van der Waals surface area contributed by atoms with Gasteiger partial charge in [0, 0.05) is 5.56 Å². The first-order valence-electron chi connectivity index (χ1n) is 10.9. The highest BCUT2D eigenvalue weighted by Gasteiger charge is 2.21. The molecule has 0 spiro atoms. The number of hydrogen-bond donors (Lipinski definition) is 3. The Bertz CT molecular complexity index is 1400. The predicted octanol–water partition coefficient (Wildman–Crippen LogP) is 2.57. The van der Waals surface area contributed by atoms with E-state index in [1.807, 2.05) is 54.6 Å². The number of sulfonamides is 1. The number of methoxy groups -OCH3 is 1. The molecule has 1 amide bonds. The van der Waals surface area contributed by atoms with Crippen LogP contribution in [-0.2, 0) is 27.8 Å². The van der Waals surface area contributed by atoms with Crippen LogP contribution in [0.25, 0.3) is 10.6 Å². The Kier molecular flexibility index (Phi) is 8.05. The van der Waals surface area contributed by atoms with Gasteiger partial charge in [-0.15, -0.1) is 16.4 Å².